The van der Waals surface area contributed by atoms with Crippen LogP contribution in [-0.2, 0) is 0 Å². The number of nitrogens with two attached hydrogens (primary N) is 2. The molecule has 0 fully saturated rings. The van der Waals surface area contributed by atoms with Crippen molar-refractivity contribution in [1.29, 1.82) is 21.6 Å². The van der Waals surface area contributed by atoms with Gasteiger partial charge in [-0.3, -0.25) is 5.41 Å². The predicted octanol–water partition coefficient (Wildman–Crippen LogP) is 16.4. The first kappa shape index (κ1) is 87.9. The Bertz CT molecular complexity index is 2240. The minimum atomic E-state index is -2.07. The van der Waals surface area contributed by atoms with Crippen LogP contribution in [0.4, 0.5) is 5.95 Å². The SMILES string of the molecule is CC.CC.CC.CC.CC.CC.CC.CC.CCC[CH2][Sn]([CH]=N)([CH2]CCC)[CH2]CCC.Clc1nc(Cl)c2ccccc2n1.N=CN.N=Cc1nc(Cl)nc2ccccc12.N=Cc1nc(N=CN)nc2ccccc12.[H-].[Na+]. The van der Waals surface area contributed by atoms with Crippen LogP contribution in [0, 0.1) is 21.6 Å². The number of aromatic nitrogens is 6. The van der Waals surface area contributed by atoms with Crippen LogP contribution in [0.2, 0.25) is 29.0 Å². The fraction of sp³-hybridized carbons (Fsp3) is 0.491. The molecule has 0 amide bonds. The molecular weight excluding hydrogens is 1110 g/mol. The molecule has 420 valence electrons. The van der Waals surface area contributed by atoms with E-state index in [2.05, 4.69) is 61.4 Å². The van der Waals surface area contributed by atoms with Gasteiger partial charge in [-0.1, -0.05) is 171 Å². The fourth-order valence-corrected chi connectivity index (χ4v) is 18.8. The van der Waals surface area contributed by atoms with Gasteiger partial charge < -0.3 is 23.7 Å². The summed E-state index contributed by atoms with van der Waals surface area (Å²) < 4.78 is 6.29. The van der Waals surface area contributed by atoms with Gasteiger partial charge in [0.25, 0.3) is 5.95 Å². The zero-order valence-electron chi connectivity index (χ0n) is 51.1. The van der Waals surface area contributed by atoms with Gasteiger partial charge in [-0.15, -0.1) is 0 Å². The van der Waals surface area contributed by atoms with Gasteiger partial charge in [-0.05, 0) is 47.5 Å². The molecule has 0 atom stereocenters. The summed E-state index contributed by atoms with van der Waals surface area (Å²) >= 11 is 15.0. The van der Waals surface area contributed by atoms with E-state index in [-0.39, 0.29) is 47.5 Å². The topological polar surface area (TPSA) is 237 Å². The Morgan fingerprint density at radius 2 is 0.787 bits per heavy atom. The maximum atomic E-state index is 7.81. The van der Waals surface area contributed by atoms with E-state index >= 15 is 0 Å². The predicted molar refractivity (Wildman–Crippen MR) is 340 cm³/mol. The second-order valence-electron chi connectivity index (χ2n) is 12.7. The number of nitrogens with one attached hydrogen (secondary N) is 4. The van der Waals surface area contributed by atoms with Crippen LogP contribution in [-0.4, -0.2) is 77.6 Å². The standard InChI is InChI=1S/C10H9N5.C9H6ClN3.C8H4Cl2N2.3C4H9.8C2H6.CH4N2.CH2N.Na.Sn.H/c11-5-9-7-3-1-2-4-8(7)14-10(15-9)13-6-12;10-9-12-7-4-2-1-3-6(7)8(5-11)13-9;9-7-5-3-1-2-4-6(5)11-8(10)12-7;3*1-3-4-2;8*1-2;2-1-3;1-2;;;/h1-6,11H,(H2,12,13,14,15);1-5,11H;1-4H;3*1,3-4H2,2H3;8*1-2H3;1H,(H3,2,3);1-2H;;;/q;;;;;;;;;;;;;;;;+1;;-1. The Balaban J connectivity index is -0.000000101. The first-order valence-electron chi connectivity index (χ1n) is 26.8. The van der Waals surface area contributed by atoms with E-state index < -0.39 is 18.4 Å². The van der Waals surface area contributed by atoms with Gasteiger partial charge in [0.15, 0.2) is 0 Å². The molecule has 0 spiro atoms. The molecule has 0 unspecified atom stereocenters. The average molecular weight is 1220 g/mol. The van der Waals surface area contributed by atoms with E-state index in [4.69, 9.17) is 62.2 Å². The van der Waals surface area contributed by atoms with Crippen molar-refractivity contribution >= 4 is 121 Å². The molecule has 0 bridgehead atoms. The molecule has 3 aromatic carbocycles. The smallest absolute Gasteiger partial charge is 1.00 e. The van der Waals surface area contributed by atoms with E-state index in [1.54, 1.807) is 0 Å². The Morgan fingerprint density at radius 1 is 0.480 bits per heavy atom. The molecule has 0 aliphatic rings. The van der Waals surface area contributed by atoms with Gasteiger partial charge >= 0.3 is 130 Å². The minimum absolute atomic E-state index is 0. The van der Waals surface area contributed by atoms with Gasteiger partial charge in [0, 0.05) is 28.6 Å². The number of para-hydroxylation sites is 3. The number of unbranched alkanes of at least 4 members (excludes halogenated alkanes) is 3. The first-order chi connectivity index (χ1) is 36.1. The number of aliphatic imine (C=N–C) groups is 1. The number of nitrogens with zero attached hydrogens (tertiary/aromatic N) is 7. The van der Waals surface area contributed by atoms with Gasteiger partial charge in [0.05, 0.1) is 40.6 Å². The van der Waals surface area contributed by atoms with Crippen LogP contribution < -0.4 is 41.0 Å². The third-order valence-corrected chi connectivity index (χ3v) is 22.5. The summed E-state index contributed by atoms with van der Waals surface area (Å²) in [7, 11) is 0. The summed E-state index contributed by atoms with van der Waals surface area (Å²) in [5.74, 6) is 0.273. The second kappa shape index (κ2) is 66.4. The van der Waals surface area contributed by atoms with Crippen molar-refractivity contribution in [3.63, 3.8) is 0 Å². The van der Waals surface area contributed by atoms with Gasteiger partial charge in [0.1, 0.15) is 5.15 Å². The Hall–Kier alpha value is -3.70. The number of halogens is 3. The molecule has 8 N–H and O–H groups in total. The first-order valence-corrected chi connectivity index (χ1v) is 35.7. The van der Waals surface area contributed by atoms with Crippen LogP contribution in [0.5, 0.6) is 0 Å². The van der Waals surface area contributed by atoms with Crippen molar-refractivity contribution in [2.24, 2.45) is 16.5 Å². The number of hydrogen-bond donors (Lipinski definition) is 6. The summed E-state index contributed by atoms with van der Waals surface area (Å²) in [6, 6.07) is 22.4. The molecular formula is C57H101Cl3N13NaSn. The zero-order valence-corrected chi connectivity index (χ0v) is 57.2. The molecule has 75 heavy (non-hydrogen) atoms. The van der Waals surface area contributed by atoms with E-state index in [1.165, 1.54) is 64.3 Å². The summed E-state index contributed by atoms with van der Waals surface area (Å²) in [4.78, 5) is 27.8. The molecule has 18 heteroatoms. The normalized spacial score (nSPS) is 8.77. The third kappa shape index (κ3) is 40.2. The summed E-state index contributed by atoms with van der Waals surface area (Å²) in [5, 5.41) is 31.3. The Labute approximate surface area is 499 Å². The van der Waals surface area contributed by atoms with Crippen molar-refractivity contribution in [2.45, 2.75) is 183 Å². The number of benzene rings is 3. The summed E-state index contributed by atoms with van der Waals surface area (Å²) in [5.41, 5.74) is 12.9. The monoisotopic (exact) mass is 1220 g/mol. The maximum Gasteiger partial charge on any atom is 1.00 e. The maximum absolute atomic E-state index is 7.81. The largest absolute Gasteiger partial charge is 1.00 e. The minimum Gasteiger partial charge on any atom is -1.00 e. The van der Waals surface area contributed by atoms with Crippen LogP contribution >= 0.6 is 34.8 Å². The molecule has 13 nitrogen and oxygen atoms in total. The van der Waals surface area contributed by atoms with Crippen LogP contribution in [0.25, 0.3) is 32.7 Å². The van der Waals surface area contributed by atoms with E-state index in [0.29, 0.717) is 16.5 Å². The molecule has 0 aliphatic carbocycles. The van der Waals surface area contributed by atoms with Crippen molar-refractivity contribution < 1.29 is 31.0 Å². The summed E-state index contributed by atoms with van der Waals surface area (Å²) in [6.45, 7) is 38.8. The zero-order chi connectivity index (χ0) is 58.8. The molecule has 0 radical (unpaired) electrons. The van der Waals surface area contributed by atoms with Crippen LogP contribution in [0.1, 0.15) is 183 Å². The van der Waals surface area contributed by atoms with Crippen molar-refractivity contribution in [3.8, 4) is 0 Å². The fourth-order valence-electron chi connectivity index (χ4n) is 5.69. The van der Waals surface area contributed by atoms with E-state index in [9.17, 15) is 0 Å². The number of rotatable bonds is 13. The van der Waals surface area contributed by atoms with Crippen LogP contribution in [0.3, 0.4) is 0 Å². The Kier molecular flexibility index (Phi) is 77.9. The van der Waals surface area contributed by atoms with Crippen molar-refractivity contribution in [2.75, 3.05) is 0 Å². The third-order valence-electron chi connectivity index (χ3n) is 8.61. The molecule has 0 saturated carbocycles. The van der Waals surface area contributed by atoms with Crippen molar-refractivity contribution in [1.82, 2.24) is 29.9 Å². The van der Waals surface area contributed by atoms with Crippen LogP contribution in [0.15, 0.2) is 77.8 Å². The van der Waals surface area contributed by atoms with Gasteiger partial charge in [-0.2, -0.15) is 0 Å². The molecule has 0 aliphatic heterocycles. The summed E-state index contributed by atoms with van der Waals surface area (Å²) in [6.07, 6.45) is 12.3. The average Bonchev–Trinajstić information content (AvgIpc) is 3.47. The molecule has 6 aromatic rings. The van der Waals surface area contributed by atoms with Crippen molar-refractivity contribution in [3.05, 3.63) is 99.9 Å². The second-order valence-corrected chi connectivity index (χ2v) is 26.6. The van der Waals surface area contributed by atoms with E-state index in [0.717, 1.165) is 45.4 Å². The number of fused-ring (bicyclic) bond motifs is 3. The van der Waals surface area contributed by atoms with Gasteiger partial charge in [-0.25, -0.2) is 34.9 Å². The molecule has 6 rings (SSSR count). The van der Waals surface area contributed by atoms with Gasteiger partial charge in [0.2, 0.25) is 10.6 Å². The molecule has 3 aromatic heterocycles. The molecule has 3 heterocycles. The van der Waals surface area contributed by atoms with E-state index in [1.807, 2.05) is 188 Å². The quantitative estimate of drug-likeness (QED) is 0.0213. The number of hydrogen-bond acceptors (Lipinski definition) is 11. The molecule has 0 saturated heterocycles. The Morgan fingerprint density at radius 3 is 1.12 bits per heavy atom.